The van der Waals surface area contributed by atoms with Crippen molar-refractivity contribution in [3.63, 3.8) is 0 Å². The molecule has 20 heavy (non-hydrogen) atoms. The second-order valence-corrected chi connectivity index (χ2v) is 6.24. The summed E-state index contributed by atoms with van der Waals surface area (Å²) in [6, 6.07) is 7.38. The number of aryl methyl sites for hydroxylation is 1. The Bertz CT molecular complexity index is 720. The summed E-state index contributed by atoms with van der Waals surface area (Å²) in [6.45, 7) is 2.01. The average molecular weight is 301 g/mol. The van der Waals surface area contributed by atoms with Gasteiger partial charge in [-0.3, -0.25) is 15.1 Å². The number of thiazole rings is 1. The first-order chi connectivity index (χ1) is 9.74. The summed E-state index contributed by atoms with van der Waals surface area (Å²) in [7, 11) is 0. The Morgan fingerprint density at radius 1 is 1.25 bits per heavy atom. The Kier molecular flexibility index (Phi) is 3.58. The van der Waals surface area contributed by atoms with Gasteiger partial charge in [0.1, 0.15) is 0 Å². The highest BCUT2D eigenvalue weighted by molar-refractivity contribution is 7.17. The van der Waals surface area contributed by atoms with E-state index < -0.39 is 0 Å². The van der Waals surface area contributed by atoms with Crippen LogP contribution in [0.5, 0.6) is 0 Å². The maximum Gasteiger partial charge on any atom is 0.257 e. The zero-order valence-electron chi connectivity index (χ0n) is 10.7. The molecule has 4 nitrogen and oxygen atoms in total. The molecule has 100 valence electrons. The standard InChI is InChI=1S/C14H11N3OS2/c1-9-12(11-3-2-8-19-11)16-14(20-9)17-13(18)10-4-6-15-7-5-10/h2-8H,1H3,(H,16,17,18). The molecule has 6 heteroatoms. The molecule has 0 radical (unpaired) electrons. The molecule has 0 bridgehead atoms. The van der Waals surface area contributed by atoms with Crippen molar-refractivity contribution in [2.24, 2.45) is 0 Å². The van der Waals surface area contributed by atoms with Gasteiger partial charge in [0, 0.05) is 22.8 Å². The van der Waals surface area contributed by atoms with Crippen molar-refractivity contribution in [1.29, 1.82) is 0 Å². The van der Waals surface area contributed by atoms with Crippen LogP contribution in [0.15, 0.2) is 42.0 Å². The number of anilines is 1. The summed E-state index contributed by atoms with van der Waals surface area (Å²) >= 11 is 3.13. The van der Waals surface area contributed by atoms with Crippen molar-refractivity contribution in [2.45, 2.75) is 6.92 Å². The highest BCUT2D eigenvalue weighted by atomic mass is 32.1. The number of carbonyl (C=O) groups is 1. The molecular formula is C14H11N3OS2. The number of carbonyl (C=O) groups excluding carboxylic acids is 1. The number of nitrogens with zero attached hydrogens (tertiary/aromatic N) is 2. The third kappa shape index (κ3) is 2.61. The fourth-order valence-corrected chi connectivity index (χ4v) is 3.42. The highest BCUT2D eigenvalue weighted by Crippen LogP contribution is 2.33. The van der Waals surface area contributed by atoms with Crippen LogP contribution in [-0.2, 0) is 0 Å². The van der Waals surface area contributed by atoms with Crippen molar-refractivity contribution in [1.82, 2.24) is 9.97 Å². The van der Waals surface area contributed by atoms with E-state index in [2.05, 4.69) is 15.3 Å². The molecule has 3 aromatic heterocycles. The van der Waals surface area contributed by atoms with Gasteiger partial charge >= 0.3 is 0 Å². The minimum atomic E-state index is -0.168. The summed E-state index contributed by atoms with van der Waals surface area (Å²) in [4.78, 5) is 22.7. The monoisotopic (exact) mass is 301 g/mol. The maximum absolute atomic E-state index is 12.1. The normalized spacial score (nSPS) is 10.4. The molecule has 0 spiro atoms. The third-order valence-electron chi connectivity index (χ3n) is 2.71. The van der Waals surface area contributed by atoms with Gasteiger partial charge in [0.2, 0.25) is 0 Å². The Labute approximate surface area is 124 Å². The van der Waals surface area contributed by atoms with Crippen molar-refractivity contribution in [3.8, 4) is 10.6 Å². The summed E-state index contributed by atoms with van der Waals surface area (Å²) in [6.07, 6.45) is 3.19. The van der Waals surface area contributed by atoms with E-state index in [0.717, 1.165) is 15.4 Å². The van der Waals surface area contributed by atoms with Crippen LogP contribution in [0.4, 0.5) is 5.13 Å². The van der Waals surface area contributed by atoms with E-state index >= 15 is 0 Å². The molecule has 3 heterocycles. The molecule has 3 aromatic rings. The van der Waals surface area contributed by atoms with Crippen LogP contribution in [0.3, 0.4) is 0 Å². The molecule has 3 rings (SSSR count). The van der Waals surface area contributed by atoms with Gasteiger partial charge in [0.05, 0.1) is 10.6 Å². The molecule has 0 aliphatic carbocycles. The summed E-state index contributed by atoms with van der Waals surface area (Å²) in [5, 5.41) is 5.46. The maximum atomic E-state index is 12.1. The van der Waals surface area contributed by atoms with Crippen molar-refractivity contribution in [2.75, 3.05) is 5.32 Å². The Balaban J connectivity index is 1.83. The first-order valence-electron chi connectivity index (χ1n) is 5.97. The summed E-state index contributed by atoms with van der Waals surface area (Å²) in [5.74, 6) is -0.168. The zero-order valence-corrected chi connectivity index (χ0v) is 12.3. The van der Waals surface area contributed by atoms with Crippen LogP contribution in [0.25, 0.3) is 10.6 Å². The van der Waals surface area contributed by atoms with Gasteiger partial charge in [0.25, 0.3) is 5.91 Å². The van der Waals surface area contributed by atoms with E-state index in [1.807, 2.05) is 24.4 Å². The molecular weight excluding hydrogens is 290 g/mol. The van der Waals surface area contributed by atoms with E-state index in [4.69, 9.17) is 0 Å². The van der Waals surface area contributed by atoms with Gasteiger partial charge in [-0.25, -0.2) is 4.98 Å². The fraction of sp³-hybridized carbons (Fsp3) is 0.0714. The number of hydrogen-bond donors (Lipinski definition) is 1. The first kappa shape index (κ1) is 13.0. The lowest BCUT2D eigenvalue weighted by atomic mass is 10.2. The lowest BCUT2D eigenvalue weighted by Gasteiger charge is -2.00. The van der Waals surface area contributed by atoms with E-state index in [1.54, 1.807) is 35.9 Å². The van der Waals surface area contributed by atoms with Crippen molar-refractivity contribution in [3.05, 3.63) is 52.5 Å². The minimum Gasteiger partial charge on any atom is -0.298 e. The number of thiophene rings is 1. The number of nitrogens with one attached hydrogen (secondary N) is 1. The van der Waals surface area contributed by atoms with Crippen LogP contribution in [-0.4, -0.2) is 15.9 Å². The van der Waals surface area contributed by atoms with Crippen LogP contribution in [0, 0.1) is 6.92 Å². The molecule has 0 saturated carbocycles. The van der Waals surface area contributed by atoms with Gasteiger partial charge in [-0.15, -0.1) is 22.7 Å². The molecule has 0 aromatic carbocycles. The number of pyridine rings is 1. The Morgan fingerprint density at radius 3 is 2.75 bits per heavy atom. The van der Waals surface area contributed by atoms with Crippen LogP contribution < -0.4 is 5.32 Å². The number of rotatable bonds is 3. The van der Waals surface area contributed by atoms with Gasteiger partial charge in [0.15, 0.2) is 5.13 Å². The summed E-state index contributed by atoms with van der Waals surface area (Å²) < 4.78 is 0. The quantitative estimate of drug-likeness (QED) is 0.800. The Morgan fingerprint density at radius 2 is 2.05 bits per heavy atom. The molecule has 0 aliphatic heterocycles. The number of hydrogen-bond acceptors (Lipinski definition) is 5. The molecule has 1 N–H and O–H groups in total. The highest BCUT2D eigenvalue weighted by Gasteiger charge is 2.13. The average Bonchev–Trinajstić information content (AvgIpc) is 3.09. The topological polar surface area (TPSA) is 54.9 Å². The van der Waals surface area contributed by atoms with Gasteiger partial charge in [-0.1, -0.05) is 6.07 Å². The number of aromatic nitrogens is 2. The molecule has 0 atom stereocenters. The fourth-order valence-electron chi connectivity index (χ4n) is 1.76. The molecule has 0 unspecified atom stereocenters. The minimum absolute atomic E-state index is 0.168. The Hall–Kier alpha value is -2.05. The predicted octanol–water partition coefficient (Wildman–Crippen LogP) is 3.83. The lowest BCUT2D eigenvalue weighted by Crippen LogP contribution is -2.11. The van der Waals surface area contributed by atoms with Gasteiger partial charge in [-0.05, 0) is 30.5 Å². The predicted molar refractivity (Wildman–Crippen MR) is 82.4 cm³/mol. The molecule has 0 fully saturated rings. The molecule has 0 saturated heterocycles. The lowest BCUT2D eigenvalue weighted by molar-refractivity contribution is 0.102. The van der Waals surface area contributed by atoms with E-state index in [1.165, 1.54) is 11.3 Å². The third-order valence-corrected chi connectivity index (χ3v) is 4.48. The van der Waals surface area contributed by atoms with Crippen LogP contribution >= 0.6 is 22.7 Å². The second-order valence-electron chi connectivity index (χ2n) is 4.09. The number of amides is 1. The van der Waals surface area contributed by atoms with E-state index in [9.17, 15) is 4.79 Å². The molecule has 1 amide bonds. The zero-order chi connectivity index (χ0) is 13.9. The first-order valence-corrected chi connectivity index (χ1v) is 7.66. The second kappa shape index (κ2) is 5.52. The SMILES string of the molecule is Cc1sc(NC(=O)c2ccncc2)nc1-c1cccs1. The molecule has 0 aliphatic rings. The summed E-state index contributed by atoms with van der Waals surface area (Å²) in [5.41, 5.74) is 1.51. The van der Waals surface area contributed by atoms with E-state index in [-0.39, 0.29) is 5.91 Å². The largest absolute Gasteiger partial charge is 0.298 e. The van der Waals surface area contributed by atoms with Crippen molar-refractivity contribution >= 4 is 33.7 Å². The smallest absolute Gasteiger partial charge is 0.257 e. The van der Waals surface area contributed by atoms with Crippen LogP contribution in [0.1, 0.15) is 15.2 Å². The van der Waals surface area contributed by atoms with Crippen LogP contribution in [0.2, 0.25) is 0 Å². The van der Waals surface area contributed by atoms with Gasteiger partial charge in [-0.2, -0.15) is 0 Å². The van der Waals surface area contributed by atoms with Crippen molar-refractivity contribution < 1.29 is 4.79 Å². The van der Waals surface area contributed by atoms with E-state index in [0.29, 0.717) is 10.7 Å². The van der Waals surface area contributed by atoms with Gasteiger partial charge < -0.3 is 0 Å².